The molecule has 0 radical (unpaired) electrons. The number of amides is 1. The summed E-state index contributed by atoms with van der Waals surface area (Å²) in [5.74, 6) is 0.666. The highest BCUT2D eigenvalue weighted by atomic mass is 16.1. The van der Waals surface area contributed by atoms with E-state index in [4.69, 9.17) is 0 Å². The van der Waals surface area contributed by atoms with Crippen LogP contribution in [0.3, 0.4) is 0 Å². The van der Waals surface area contributed by atoms with Gasteiger partial charge in [-0.3, -0.25) is 4.79 Å². The molecule has 2 N–H and O–H groups in total. The van der Waals surface area contributed by atoms with Crippen molar-refractivity contribution in [2.24, 2.45) is 5.92 Å². The van der Waals surface area contributed by atoms with Gasteiger partial charge in [-0.05, 0) is 51.5 Å². The fraction of sp³-hybridized carbons (Fsp3) is 0.588. The van der Waals surface area contributed by atoms with Crippen molar-refractivity contribution in [1.29, 1.82) is 0 Å². The second-order valence-electron chi connectivity index (χ2n) is 6.11. The molecular weight excluding hydrogens is 262 g/mol. The van der Waals surface area contributed by atoms with Crippen LogP contribution >= 0.6 is 0 Å². The Morgan fingerprint density at radius 3 is 2.76 bits per heavy atom. The van der Waals surface area contributed by atoms with Gasteiger partial charge in [0, 0.05) is 13.0 Å². The fourth-order valence-electron chi connectivity index (χ4n) is 2.92. The number of nitrogens with one attached hydrogen (secondary N) is 2. The van der Waals surface area contributed by atoms with Crippen molar-refractivity contribution in [3.8, 4) is 0 Å². The zero-order chi connectivity index (χ0) is 15.1. The molecule has 1 heterocycles. The Bertz CT molecular complexity index is 427. The summed E-state index contributed by atoms with van der Waals surface area (Å²) in [6.45, 7) is 2.73. The van der Waals surface area contributed by atoms with Crippen LogP contribution in [0.25, 0.3) is 0 Å². The Kier molecular flexibility index (Phi) is 6.21. The molecule has 4 nitrogen and oxygen atoms in total. The summed E-state index contributed by atoms with van der Waals surface area (Å²) in [6.07, 6.45) is 2.99. The minimum atomic E-state index is 0.173. The number of carbonyl (C=O) groups is 1. The molecule has 0 spiro atoms. The highest BCUT2D eigenvalue weighted by Crippen LogP contribution is 2.17. The van der Waals surface area contributed by atoms with E-state index in [0.29, 0.717) is 18.9 Å². The lowest BCUT2D eigenvalue weighted by Crippen LogP contribution is -2.37. The number of rotatable bonds is 6. The van der Waals surface area contributed by atoms with Gasteiger partial charge in [0.25, 0.3) is 0 Å². The first-order chi connectivity index (χ1) is 10.2. The standard InChI is InChI=1S/C17H27N3O/c1-20(2)16(15-8-4-3-5-9-15)13-19-17(21)11-14-7-6-10-18-12-14/h3-5,8-9,14,16,18H,6-7,10-13H2,1-2H3,(H,19,21). The van der Waals surface area contributed by atoms with E-state index < -0.39 is 0 Å². The summed E-state index contributed by atoms with van der Waals surface area (Å²) in [7, 11) is 4.10. The molecule has 1 fully saturated rings. The van der Waals surface area contributed by atoms with Crippen molar-refractivity contribution in [2.75, 3.05) is 33.7 Å². The lowest BCUT2D eigenvalue weighted by molar-refractivity contribution is -0.122. The minimum absolute atomic E-state index is 0.173. The predicted molar refractivity (Wildman–Crippen MR) is 86.1 cm³/mol. The first-order valence-electron chi connectivity index (χ1n) is 7.85. The molecule has 0 aromatic heterocycles. The van der Waals surface area contributed by atoms with Gasteiger partial charge in [-0.1, -0.05) is 30.3 Å². The van der Waals surface area contributed by atoms with Gasteiger partial charge in [0.1, 0.15) is 0 Å². The molecule has 2 unspecified atom stereocenters. The third-order valence-electron chi connectivity index (χ3n) is 4.17. The third-order valence-corrected chi connectivity index (χ3v) is 4.17. The van der Waals surface area contributed by atoms with Crippen molar-refractivity contribution < 1.29 is 4.79 Å². The van der Waals surface area contributed by atoms with Gasteiger partial charge in [0.05, 0.1) is 6.04 Å². The summed E-state index contributed by atoms with van der Waals surface area (Å²) in [4.78, 5) is 14.3. The third kappa shape index (κ3) is 5.14. The van der Waals surface area contributed by atoms with Gasteiger partial charge in [-0.15, -0.1) is 0 Å². The molecule has 1 aromatic carbocycles. The molecule has 4 heteroatoms. The number of hydrogen-bond acceptors (Lipinski definition) is 3. The summed E-state index contributed by atoms with van der Waals surface area (Å²) in [6, 6.07) is 10.6. The maximum absolute atomic E-state index is 12.1. The first kappa shape index (κ1) is 16.0. The molecular formula is C17H27N3O. The average molecular weight is 289 g/mol. The number of carbonyl (C=O) groups excluding carboxylic acids is 1. The van der Waals surface area contributed by atoms with Crippen LogP contribution in [-0.4, -0.2) is 44.5 Å². The van der Waals surface area contributed by atoms with Crippen molar-refractivity contribution in [3.63, 3.8) is 0 Å². The van der Waals surface area contributed by atoms with E-state index in [1.165, 1.54) is 12.0 Å². The van der Waals surface area contributed by atoms with E-state index in [9.17, 15) is 4.79 Å². The Balaban J connectivity index is 1.82. The van der Waals surface area contributed by atoms with Crippen LogP contribution in [0.15, 0.2) is 30.3 Å². The summed E-state index contributed by atoms with van der Waals surface area (Å²) in [5.41, 5.74) is 1.24. The van der Waals surface area contributed by atoms with Crippen molar-refractivity contribution in [1.82, 2.24) is 15.5 Å². The molecule has 2 rings (SSSR count). The van der Waals surface area contributed by atoms with Gasteiger partial charge in [-0.2, -0.15) is 0 Å². The molecule has 1 amide bonds. The quantitative estimate of drug-likeness (QED) is 0.839. The normalized spacial score (nSPS) is 20.2. The van der Waals surface area contributed by atoms with Gasteiger partial charge in [-0.25, -0.2) is 0 Å². The smallest absolute Gasteiger partial charge is 0.220 e. The maximum Gasteiger partial charge on any atom is 0.220 e. The van der Waals surface area contributed by atoms with Crippen LogP contribution in [0.2, 0.25) is 0 Å². The van der Waals surface area contributed by atoms with Crippen molar-refractivity contribution >= 4 is 5.91 Å². The highest BCUT2D eigenvalue weighted by molar-refractivity contribution is 5.76. The predicted octanol–water partition coefficient (Wildman–Crippen LogP) is 1.80. The second kappa shape index (κ2) is 8.15. The van der Waals surface area contributed by atoms with E-state index in [-0.39, 0.29) is 11.9 Å². The van der Waals surface area contributed by atoms with E-state index in [2.05, 4.69) is 41.8 Å². The number of piperidine rings is 1. The SMILES string of the molecule is CN(C)C(CNC(=O)CC1CCCNC1)c1ccccc1. The number of likely N-dealkylation sites (N-methyl/N-ethyl adjacent to an activating group) is 1. The average Bonchev–Trinajstić information content (AvgIpc) is 2.49. The van der Waals surface area contributed by atoms with E-state index in [0.717, 1.165) is 19.5 Å². The van der Waals surface area contributed by atoms with Crippen LogP contribution in [0, 0.1) is 5.92 Å². The monoisotopic (exact) mass is 289 g/mol. The van der Waals surface area contributed by atoms with Crippen molar-refractivity contribution in [2.45, 2.75) is 25.3 Å². The Hall–Kier alpha value is -1.39. The first-order valence-corrected chi connectivity index (χ1v) is 7.85. The van der Waals surface area contributed by atoms with Gasteiger partial charge >= 0.3 is 0 Å². The fourth-order valence-corrected chi connectivity index (χ4v) is 2.92. The highest BCUT2D eigenvalue weighted by Gasteiger charge is 2.19. The topological polar surface area (TPSA) is 44.4 Å². The lowest BCUT2D eigenvalue weighted by Gasteiger charge is -2.26. The van der Waals surface area contributed by atoms with Crippen LogP contribution in [0.1, 0.15) is 30.9 Å². The van der Waals surface area contributed by atoms with Gasteiger partial charge in [0.15, 0.2) is 0 Å². The Morgan fingerprint density at radius 2 is 2.14 bits per heavy atom. The molecule has 1 aliphatic heterocycles. The van der Waals surface area contributed by atoms with E-state index >= 15 is 0 Å². The molecule has 0 aliphatic carbocycles. The second-order valence-corrected chi connectivity index (χ2v) is 6.11. The van der Waals surface area contributed by atoms with Gasteiger partial charge < -0.3 is 15.5 Å². The van der Waals surface area contributed by atoms with Crippen LogP contribution in [-0.2, 0) is 4.79 Å². The lowest BCUT2D eigenvalue weighted by atomic mass is 9.96. The molecule has 0 saturated carbocycles. The summed E-state index contributed by atoms with van der Waals surface area (Å²) in [5, 5.41) is 6.46. The number of hydrogen-bond donors (Lipinski definition) is 2. The van der Waals surface area contributed by atoms with Crippen LogP contribution in [0.4, 0.5) is 0 Å². The molecule has 21 heavy (non-hydrogen) atoms. The maximum atomic E-state index is 12.1. The molecule has 1 aliphatic rings. The minimum Gasteiger partial charge on any atom is -0.354 e. The number of nitrogens with zero attached hydrogens (tertiary/aromatic N) is 1. The molecule has 1 saturated heterocycles. The van der Waals surface area contributed by atoms with Crippen LogP contribution < -0.4 is 10.6 Å². The van der Waals surface area contributed by atoms with Crippen LogP contribution in [0.5, 0.6) is 0 Å². The largest absolute Gasteiger partial charge is 0.354 e. The molecule has 1 aromatic rings. The van der Waals surface area contributed by atoms with E-state index in [1.807, 2.05) is 18.2 Å². The Morgan fingerprint density at radius 1 is 1.38 bits per heavy atom. The summed E-state index contributed by atoms with van der Waals surface area (Å²) < 4.78 is 0. The number of benzene rings is 1. The van der Waals surface area contributed by atoms with Gasteiger partial charge in [0.2, 0.25) is 5.91 Å². The Labute approximate surface area is 127 Å². The zero-order valence-electron chi connectivity index (χ0n) is 13.1. The molecule has 2 atom stereocenters. The van der Waals surface area contributed by atoms with Crippen molar-refractivity contribution in [3.05, 3.63) is 35.9 Å². The zero-order valence-corrected chi connectivity index (χ0v) is 13.1. The van der Waals surface area contributed by atoms with E-state index in [1.54, 1.807) is 0 Å². The molecule has 116 valence electrons. The molecule has 0 bridgehead atoms. The summed E-state index contributed by atoms with van der Waals surface area (Å²) >= 11 is 0.